The van der Waals surface area contributed by atoms with Crippen LogP contribution in [0.2, 0.25) is 0 Å². The Morgan fingerprint density at radius 2 is 1.75 bits per heavy atom. The summed E-state index contributed by atoms with van der Waals surface area (Å²) in [5.74, 6) is 0.844. The molecule has 2 N–H and O–H groups in total. The normalized spacial score (nSPS) is 27.4. The first-order valence-corrected chi connectivity index (χ1v) is 7.01. The van der Waals surface area contributed by atoms with Gasteiger partial charge in [0, 0.05) is 18.1 Å². The highest BCUT2D eigenvalue weighted by Gasteiger charge is 2.29. The van der Waals surface area contributed by atoms with Crippen molar-refractivity contribution in [3.63, 3.8) is 0 Å². The van der Waals surface area contributed by atoms with Gasteiger partial charge < -0.3 is 10.6 Å². The fourth-order valence-electron chi connectivity index (χ4n) is 3.04. The molecule has 2 nitrogen and oxygen atoms in total. The van der Waals surface area contributed by atoms with E-state index in [0.29, 0.717) is 0 Å². The third-order valence-electron chi connectivity index (χ3n) is 4.60. The van der Waals surface area contributed by atoms with Crippen molar-refractivity contribution in [1.82, 2.24) is 4.90 Å². The van der Waals surface area contributed by atoms with Crippen LogP contribution in [-0.4, -0.2) is 30.1 Å². The zero-order chi connectivity index (χ0) is 12.2. The summed E-state index contributed by atoms with van der Waals surface area (Å²) in [4.78, 5) is 2.52. The summed E-state index contributed by atoms with van der Waals surface area (Å²) in [6.07, 6.45) is 7.73. The van der Waals surface area contributed by atoms with Crippen LogP contribution >= 0.6 is 0 Å². The number of likely N-dealkylation sites (N-methyl/N-ethyl adjacent to an activating group) is 1. The van der Waals surface area contributed by atoms with Gasteiger partial charge in [0.1, 0.15) is 0 Å². The molecular weight excluding hydrogens is 196 g/mol. The molecule has 0 bridgehead atoms. The van der Waals surface area contributed by atoms with Gasteiger partial charge in [-0.3, -0.25) is 0 Å². The van der Waals surface area contributed by atoms with Gasteiger partial charge in [-0.05, 0) is 38.6 Å². The Morgan fingerprint density at radius 3 is 2.25 bits per heavy atom. The van der Waals surface area contributed by atoms with Crippen LogP contribution in [0.5, 0.6) is 0 Å². The molecule has 0 aromatic carbocycles. The molecule has 2 heteroatoms. The average Bonchev–Trinajstić information content (AvgIpc) is 2.29. The van der Waals surface area contributed by atoms with Gasteiger partial charge in [-0.1, -0.05) is 33.6 Å². The van der Waals surface area contributed by atoms with E-state index in [1.807, 2.05) is 0 Å². The van der Waals surface area contributed by atoms with Gasteiger partial charge in [-0.15, -0.1) is 0 Å². The highest BCUT2D eigenvalue weighted by Crippen LogP contribution is 2.28. The fraction of sp³-hybridized carbons (Fsp3) is 1.00. The molecule has 0 aromatic rings. The minimum atomic E-state index is 0.0198. The molecule has 0 aromatic heterocycles. The summed E-state index contributed by atoms with van der Waals surface area (Å²) < 4.78 is 0. The third-order valence-corrected chi connectivity index (χ3v) is 4.60. The molecule has 0 amide bonds. The van der Waals surface area contributed by atoms with Crippen LogP contribution in [0.3, 0.4) is 0 Å². The van der Waals surface area contributed by atoms with Crippen LogP contribution in [0.15, 0.2) is 0 Å². The van der Waals surface area contributed by atoms with Gasteiger partial charge in [0.15, 0.2) is 0 Å². The summed E-state index contributed by atoms with van der Waals surface area (Å²) in [7, 11) is 2.26. The molecule has 0 aliphatic heterocycles. The third kappa shape index (κ3) is 3.46. The minimum absolute atomic E-state index is 0.0198. The Kier molecular flexibility index (Phi) is 5.26. The van der Waals surface area contributed by atoms with Crippen LogP contribution in [0.4, 0.5) is 0 Å². The zero-order valence-corrected chi connectivity index (χ0v) is 11.6. The SMILES string of the molecule is CCC(N)(CC)CN(C)C1CCCCC1C. The van der Waals surface area contributed by atoms with E-state index < -0.39 is 0 Å². The Bertz CT molecular complexity index is 199. The lowest BCUT2D eigenvalue weighted by Crippen LogP contribution is -2.52. The van der Waals surface area contributed by atoms with Gasteiger partial charge in [-0.2, -0.15) is 0 Å². The van der Waals surface area contributed by atoms with Crippen molar-refractivity contribution in [1.29, 1.82) is 0 Å². The Hall–Kier alpha value is -0.0800. The van der Waals surface area contributed by atoms with E-state index in [2.05, 4.69) is 32.7 Å². The highest BCUT2D eigenvalue weighted by atomic mass is 15.2. The first-order valence-electron chi connectivity index (χ1n) is 7.01. The van der Waals surface area contributed by atoms with Crippen LogP contribution in [-0.2, 0) is 0 Å². The molecule has 2 unspecified atom stereocenters. The van der Waals surface area contributed by atoms with E-state index in [1.54, 1.807) is 0 Å². The molecule has 1 aliphatic rings. The summed E-state index contributed by atoms with van der Waals surface area (Å²) >= 11 is 0. The first-order chi connectivity index (χ1) is 7.52. The lowest BCUT2D eigenvalue weighted by Gasteiger charge is -2.41. The van der Waals surface area contributed by atoms with Crippen LogP contribution in [0.25, 0.3) is 0 Å². The minimum Gasteiger partial charge on any atom is -0.324 e. The molecule has 1 saturated carbocycles. The highest BCUT2D eigenvalue weighted by molar-refractivity contribution is 4.88. The number of rotatable bonds is 5. The fourth-order valence-corrected chi connectivity index (χ4v) is 3.04. The standard InChI is InChI=1S/C14H30N2/c1-5-14(15,6-2)11-16(4)13-10-8-7-9-12(13)3/h12-13H,5-11,15H2,1-4H3. The van der Waals surface area contributed by atoms with Crippen molar-refractivity contribution >= 4 is 0 Å². The van der Waals surface area contributed by atoms with Crippen LogP contribution in [0.1, 0.15) is 59.3 Å². The Morgan fingerprint density at radius 1 is 1.19 bits per heavy atom. The lowest BCUT2D eigenvalue weighted by molar-refractivity contribution is 0.109. The maximum Gasteiger partial charge on any atom is 0.0278 e. The van der Waals surface area contributed by atoms with Crippen molar-refractivity contribution in [2.75, 3.05) is 13.6 Å². The molecule has 0 saturated heterocycles. The number of hydrogen-bond acceptors (Lipinski definition) is 2. The Balaban J connectivity index is 2.52. The lowest BCUT2D eigenvalue weighted by atomic mass is 9.84. The maximum absolute atomic E-state index is 6.41. The second-order valence-electron chi connectivity index (χ2n) is 5.81. The molecule has 0 heterocycles. The van der Waals surface area contributed by atoms with Gasteiger partial charge in [-0.25, -0.2) is 0 Å². The van der Waals surface area contributed by atoms with E-state index >= 15 is 0 Å². The monoisotopic (exact) mass is 226 g/mol. The quantitative estimate of drug-likeness (QED) is 0.781. The molecule has 16 heavy (non-hydrogen) atoms. The Labute approximate surface area is 102 Å². The molecule has 0 spiro atoms. The van der Waals surface area contributed by atoms with Crippen molar-refractivity contribution in [2.45, 2.75) is 70.9 Å². The predicted octanol–water partition coefficient (Wildman–Crippen LogP) is 3.01. The van der Waals surface area contributed by atoms with Crippen LogP contribution < -0.4 is 5.73 Å². The van der Waals surface area contributed by atoms with Crippen molar-refractivity contribution < 1.29 is 0 Å². The molecular formula is C14H30N2. The average molecular weight is 226 g/mol. The smallest absolute Gasteiger partial charge is 0.0278 e. The van der Waals surface area contributed by atoms with Gasteiger partial charge in [0.2, 0.25) is 0 Å². The number of nitrogens with two attached hydrogens (primary N) is 1. The maximum atomic E-state index is 6.41. The molecule has 96 valence electrons. The largest absolute Gasteiger partial charge is 0.324 e. The van der Waals surface area contributed by atoms with Crippen molar-refractivity contribution in [3.8, 4) is 0 Å². The van der Waals surface area contributed by atoms with E-state index in [-0.39, 0.29) is 5.54 Å². The second-order valence-corrected chi connectivity index (χ2v) is 5.81. The van der Waals surface area contributed by atoms with Crippen LogP contribution in [0, 0.1) is 5.92 Å². The summed E-state index contributed by atoms with van der Waals surface area (Å²) in [5.41, 5.74) is 6.43. The van der Waals surface area contributed by atoms with E-state index in [0.717, 1.165) is 31.3 Å². The molecule has 1 fully saturated rings. The van der Waals surface area contributed by atoms with E-state index in [4.69, 9.17) is 5.73 Å². The second kappa shape index (κ2) is 6.02. The van der Waals surface area contributed by atoms with Crippen molar-refractivity contribution in [3.05, 3.63) is 0 Å². The number of hydrogen-bond donors (Lipinski definition) is 1. The zero-order valence-electron chi connectivity index (χ0n) is 11.6. The van der Waals surface area contributed by atoms with E-state index in [1.165, 1.54) is 25.7 Å². The van der Waals surface area contributed by atoms with Gasteiger partial charge in [0.25, 0.3) is 0 Å². The molecule has 2 atom stereocenters. The molecule has 1 aliphatic carbocycles. The number of nitrogens with zero attached hydrogens (tertiary/aromatic N) is 1. The van der Waals surface area contributed by atoms with Crippen molar-refractivity contribution in [2.24, 2.45) is 11.7 Å². The summed E-state index contributed by atoms with van der Waals surface area (Å²) in [6.45, 7) is 7.87. The summed E-state index contributed by atoms with van der Waals surface area (Å²) in [5, 5.41) is 0. The summed E-state index contributed by atoms with van der Waals surface area (Å²) in [6, 6.07) is 0.759. The molecule has 1 rings (SSSR count). The predicted molar refractivity (Wildman–Crippen MR) is 71.6 cm³/mol. The molecule has 0 radical (unpaired) electrons. The van der Waals surface area contributed by atoms with Gasteiger partial charge in [0.05, 0.1) is 0 Å². The van der Waals surface area contributed by atoms with Gasteiger partial charge >= 0.3 is 0 Å². The van der Waals surface area contributed by atoms with E-state index in [9.17, 15) is 0 Å². The first kappa shape index (κ1) is 14.0. The topological polar surface area (TPSA) is 29.3 Å².